The second-order valence-corrected chi connectivity index (χ2v) is 6.10. The van der Waals surface area contributed by atoms with Crippen LogP contribution in [0.1, 0.15) is 25.5 Å². The molecule has 0 aliphatic carbocycles. The molecule has 2 atom stereocenters. The third kappa shape index (κ3) is 4.73. The van der Waals surface area contributed by atoms with Crippen LogP contribution in [0.4, 0.5) is 4.39 Å². The van der Waals surface area contributed by atoms with Crippen molar-refractivity contribution in [3.63, 3.8) is 0 Å². The van der Waals surface area contributed by atoms with E-state index in [2.05, 4.69) is 5.32 Å². The third-order valence-corrected chi connectivity index (χ3v) is 4.05. The first kappa shape index (κ1) is 17.8. The second-order valence-electron chi connectivity index (χ2n) is 6.10. The van der Waals surface area contributed by atoms with Gasteiger partial charge in [0.15, 0.2) is 0 Å². The number of carbonyl (C=O) groups is 1. The van der Waals surface area contributed by atoms with Crippen LogP contribution >= 0.6 is 0 Å². The van der Waals surface area contributed by atoms with Crippen molar-refractivity contribution in [2.24, 2.45) is 5.92 Å². The number of ether oxygens (including phenoxy) is 1. The largest absolute Gasteiger partial charge is 0.387 e. The summed E-state index contributed by atoms with van der Waals surface area (Å²) in [6.07, 6.45) is -0.991. The van der Waals surface area contributed by atoms with E-state index in [-0.39, 0.29) is 23.9 Å². The lowest BCUT2D eigenvalue weighted by atomic mass is 10.0. The molecule has 1 aromatic rings. The molecule has 6 heteroatoms. The summed E-state index contributed by atoms with van der Waals surface area (Å²) in [7, 11) is 0. The second kappa shape index (κ2) is 8.38. The van der Waals surface area contributed by atoms with Gasteiger partial charge in [0.05, 0.1) is 25.4 Å². The fourth-order valence-corrected chi connectivity index (χ4v) is 2.68. The number of aliphatic hydroxyl groups is 1. The number of carbonyl (C=O) groups excluding carboxylic acids is 1. The number of hydrogen-bond acceptors (Lipinski definition) is 4. The molecule has 1 saturated heterocycles. The highest BCUT2D eigenvalue weighted by atomic mass is 19.1. The lowest BCUT2D eigenvalue weighted by Gasteiger charge is -2.32. The van der Waals surface area contributed by atoms with Gasteiger partial charge < -0.3 is 20.1 Å². The van der Waals surface area contributed by atoms with Crippen molar-refractivity contribution >= 4 is 5.91 Å². The molecule has 0 spiro atoms. The van der Waals surface area contributed by atoms with Crippen molar-refractivity contribution in [1.82, 2.24) is 10.2 Å². The Hall–Kier alpha value is -1.50. The molecule has 0 unspecified atom stereocenters. The summed E-state index contributed by atoms with van der Waals surface area (Å²) in [6, 6.07) is 5.72. The van der Waals surface area contributed by atoms with Gasteiger partial charge in [0.2, 0.25) is 5.91 Å². The first-order valence-electron chi connectivity index (χ1n) is 8.03. The van der Waals surface area contributed by atoms with Gasteiger partial charge in [-0.3, -0.25) is 4.79 Å². The van der Waals surface area contributed by atoms with Crippen LogP contribution in [0, 0.1) is 11.7 Å². The molecule has 1 aliphatic heterocycles. The van der Waals surface area contributed by atoms with Crippen molar-refractivity contribution < 1.29 is 19.0 Å². The maximum atomic E-state index is 13.7. The van der Waals surface area contributed by atoms with Gasteiger partial charge in [-0.15, -0.1) is 0 Å². The Morgan fingerprint density at radius 3 is 2.61 bits per heavy atom. The number of halogens is 1. The minimum absolute atomic E-state index is 0.00373. The van der Waals surface area contributed by atoms with Crippen molar-refractivity contribution in [3.05, 3.63) is 35.6 Å². The zero-order valence-electron chi connectivity index (χ0n) is 13.7. The molecule has 1 amide bonds. The van der Waals surface area contributed by atoms with Gasteiger partial charge in [-0.1, -0.05) is 32.0 Å². The quantitative estimate of drug-likeness (QED) is 0.829. The Morgan fingerprint density at radius 2 is 2.00 bits per heavy atom. The highest BCUT2D eigenvalue weighted by Crippen LogP contribution is 2.17. The van der Waals surface area contributed by atoms with Gasteiger partial charge in [-0.25, -0.2) is 4.39 Å². The number of morpholine rings is 1. The van der Waals surface area contributed by atoms with Crippen molar-refractivity contribution in [1.29, 1.82) is 0 Å². The van der Waals surface area contributed by atoms with Crippen LogP contribution in [0.2, 0.25) is 0 Å². The molecule has 1 aliphatic rings. The van der Waals surface area contributed by atoms with Gasteiger partial charge >= 0.3 is 0 Å². The molecule has 2 N–H and O–H groups in total. The van der Waals surface area contributed by atoms with Crippen LogP contribution in [0.15, 0.2) is 24.3 Å². The summed E-state index contributed by atoms with van der Waals surface area (Å²) in [5.74, 6) is -0.371. The summed E-state index contributed by atoms with van der Waals surface area (Å²) in [4.78, 5) is 14.4. The van der Waals surface area contributed by atoms with E-state index in [0.717, 1.165) is 0 Å². The van der Waals surface area contributed by atoms with Gasteiger partial charge in [-0.2, -0.15) is 0 Å². The number of nitrogens with one attached hydrogen (secondary N) is 1. The Bertz CT molecular complexity index is 518. The van der Waals surface area contributed by atoms with Crippen molar-refractivity contribution in [2.75, 3.05) is 32.8 Å². The molecule has 5 nitrogen and oxygen atoms in total. The predicted octanol–water partition coefficient (Wildman–Crippen LogP) is 1.33. The number of nitrogens with zero attached hydrogens (tertiary/aromatic N) is 1. The van der Waals surface area contributed by atoms with Crippen LogP contribution in [0.25, 0.3) is 0 Å². The van der Waals surface area contributed by atoms with E-state index in [9.17, 15) is 14.3 Å². The minimum Gasteiger partial charge on any atom is -0.387 e. The zero-order valence-corrected chi connectivity index (χ0v) is 13.7. The Morgan fingerprint density at radius 1 is 1.35 bits per heavy atom. The smallest absolute Gasteiger partial charge is 0.240 e. The average molecular weight is 324 g/mol. The molecule has 0 saturated carbocycles. The average Bonchev–Trinajstić information content (AvgIpc) is 2.55. The lowest BCUT2D eigenvalue weighted by Crippen LogP contribution is -2.53. The van der Waals surface area contributed by atoms with Gasteiger partial charge in [-0.05, 0) is 12.0 Å². The van der Waals surface area contributed by atoms with E-state index >= 15 is 0 Å². The predicted molar refractivity (Wildman–Crippen MR) is 85.4 cm³/mol. The molecule has 23 heavy (non-hydrogen) atoms. The normalized spacial score (nSPS) is 18.0. The first-order valence-corrected chi connectivity index (χ1v) is 8.03. The maximum absolute atomic E-state index is 13.7. The van der Waals surface area contributed by atoms with Crippen molar-refractivity contribution in [2.45, 2.75) is 26.0 Å². The van der Waals surface area contributed by atoms with E-state index in [4.69, 9.17) is 4.74 Å². The van der Waals surface area contributed by atoms with Crippen LogP contribution < -0.4 is 5.32 Å². The SMILES string of the molecule is CC(C)[C@@H](NC[C@H](O)c1ccccc1F)C(=O)N1CCOCC1. The molecular formula is C17H25FN2O3. The highest BCUT2D eigenvalue weighted by Gasteiger charge is 2.28. The topological polar surface area (TPSA) is 61.8 Å². The number of amides is 1. The van der Waals surface area contributed by atoms with Crippen molar-refractivity contribution in [3.8, 4) is 0 Å². The van der Waals surface area contributed by atoms with E-state index in [1.54, 1.807) is 23.1 Å². The fraction of sp³-hybridized carbons (Fsp3) is 0.588. The van der Waals surface area contributed by atoms with Gasteiger partial charge in [0.1, 0.15) is 5.82 Å². The van der Waals surface area contributed by atoms with E-state index in [1.165, 1.54) is 6.07 Å². The van der Waals surface area contributed by atoms with Gasteiger partial charge in [0, 0.05) is 25.2 Å². The van der Waals surface area contributed by atoms with Crippen LogP contribution in [-0.2, 0) is 9.53 Å². The molecule has 1 heterocycles. The van der Waals surface area contributed by atoms with E-state index in [0.29, 0.717) is 26.3 Å². The lowest BCUT2D eigenvalue weighted by molar-refractivity contribution is -0.138. The highest BCUT2D eigenvalue weighted by molar-refractivity contribution is 5.82. The molecule has 128 valence electrons. The summed E-state index contributed by atoms with van der Waals surface area (Å²) in [5.41, 5.74) is 0.237. The monoisotopic (exact) mass is 324 g/mol. The Kier molecular flexibility index (Phi) is 6.50. The number of aliphatic hydroxyl groups excluding tert-OH is 1. The zero-order chi connectivity index (χ0) is 16.8. The Balaban J connectivity index is 1.96. The number of rotatable bonds is 6. The molecule has 0 bridgehead atoms. The molecule has 2 rings (SSSR count). The van der Waals surface area contributed by atoms with E-state index < -0.39 is 18.0 Å². The third-order valence-electron chi connectivity index (χ3n) is 4.05. The van der Waals surface area contributed by atoms with Crippen LogP contribution in [-0.4, -0.2) is 54.8 Å². The van der Waals surface area contributed by atoms with Crippen LogP contribution in [0.5, 0.6) is 0 Å². The number of benzene rings is 1. The van der Waals surface area contributed by atoms with E-state index in [1.807, 2.05) is 13.8 Å². The standard InChI is InChI=1S/C17H25FN2O3/c1-12(2)16(17(22)20-7-9-23-10-8-20)19-11-15(21)13-5-3-4-6-14(13)18/h3-6,12,15-16,19,21H,7-11H2,1-2H3/t15-,16+/m0/s1. The minimum atomic E-state index is -0.991. The summed E-state index contributed by atoms with van der Waals surface area (Å²) >= 11 is 0. The van der Waals surface area contributed by atoms with Crippen LogP contribution in [0.3, 0.4) is 0 Å². The number of hydrogen-bond donors (Lipinski definition) is 2. The Labute approximate surface area is 136 Å². The first-order chi connectivity index (χ1) is 11.0. The fourth-order valence-electron chi connectivity index (χ4n) is 2.68. The summed E-state index contributed by atoms with van der Waals surface area (Å²) < 4.78 is 19.0. The molecule has 1 aromatic carbocycles. The maximum Gasteiger partial charge on any atom is 0.240 e. The summed E-state index contributed by atoms with van der Waals surface area (Å²) in [6.45, 7) is 6.29. The molecule has 0 aromatic heterocycles. The van der Waals surface area contributed by atoms with Gasteiger partial charge in [0.25, 0.3) is 0 Å². The summed E-state index contributed by atoms with van der Waals surface area (Å²) in [5, 5.41) is 13.3. The molecule has 1 fully saturated rings. The molecular weight excluding hydrogens is 299 g/mol. The molecule has 0 radical (unpaired) electrons.